The van der Waals surface area contributed by atoms with E-state index in [1.165, 1.54) is 44.3 Å². The Morgan fingerprint density at radius 3 is 2.89 bits per heavy atom. The van der Waals surface area contributed by atoms with Gasteiger partial charge in [0, 0.05) is 31.9 Å². The van der Waals surface area contributed by atoms with Crippen molar-refractivity contribution >= 4 is 0 Å². The number of nitrogens with zero attached hydrogens (tertiary/aromatic N) is 2. The molecular formula is C15H27N3. The lowest BCUT2D eigenvalue weighted by atomic mass is 9.75. The number of nitrogens with two attached hydrogens (primary N) is 1. The summed E-state index contributed by atoms with van der Waals surface area (Å²) in [6.07, 6.45) is 12.8. The molecule has 1 aromatic rings. The molecule has 0 amide bonds. The quantitative estimate of drug-likeness (QED) is 0.872. The standard InChI is InChI=1S/C15H27N3/c1-3-4-12-5-7-14(16)13(11-12)6-8-15-17-9-10-18(15)2/h9-10,12-14H,3-8,11,16H2,1-2H3. The number of aryl methyl sites for hydroxylation is 2. The predicted octanol–water partition coefficient (Wildman–Crippen LogP) is 2.90. The fraction of sp³-hybridized carbons (Fsp3) is 0.800. The Kier molecular flexibility index (Phi) is 4.81. The Morgan fingerprint density at radius 2 is 2.22 bits per heavy atom. The van der Waals surface area contributed by atoms with Crippen molar-refractivity contribution in [3.8, 4) is 0 Å². The van der Waals surface area contributed by atoms with E-state index >= 15 is 0 Å². The van der Waals surface area contributed by atoms with Crippen molar-refractivity contribution in [3.05, 3.63) is 18.2 Å². The van der Waals surface area contributed by atoms with Crippen LogP contribution in [0, 0.1) is 11.8 Å². The molecule has 1 heterocycles. The molecule has 1 aromatic heterocycles. The molecule has 3 unspecified atom stereocenters. The molecule has 0 bridgehead atoms. The third-order valence-electron chi connectivity index (χ3n) is 4.51. The van der Waals surface area contributed by atoms with E-state index in [4.69, 9.17) is 5.73 Å². The summed E-state index contributed by atoms with van der Waals surface area (Å²) in [7, 11) is 2.07. The van der Waals surface area contributed by atoms with Crippen molar-refractivity contribution in [1.29, 1.82) is 0 Å². The molecule has 0 saturated heterocycles. The zero-order chi connectivity index (χ0) is 13.0. The normalized spacial score (nSPS) is 28.5. The van der Waals surface area contributed by atoms with Gasteiger partial charge in [0.05, 0.1) is 0 Å². The third-order valence-corrected chi connectivity index (χ3v) is 4.51. The molecule has 0 spiro atoms. The summed E-state index contributed by atoms with van der Waals surface area (Å²) < 4.78 is 2.12. The van der Waals surface area contributed by atoms with Crippen molar-refractivity contribution in [2.75, 3.05) is 0 Å². The Morgan fingerprint density at radius 1 is 1.39 bits per heavy atom. The Hall–Kier alpha value is -0.830. The van der Waals surface area contributed by atoms with Gasteiger partial charge in [0.15, 0.2) is 0 Å². The van der Waals surface area contributed by atoms with Crippen molar-refractivity contribution in [2.45, 2.75) is 57.9 Å². The second kappa shape index (κ2) is 6.37. The molecule has 1 aliphatic carbocycles. The van der Waals surface area contributed by atoms with Crippen LogP contribution in [-0.4, -0.2) is 15.6 Å². The van der Waals surface area contributed by atoms with Gasteiger partial charge in [-0.05, 0) is 37.5 Å². The third kappa shape index (κ3) is 3.35. The topological polar surface area (TPSA) is 43.8 Å². The molecular weight excluding hydrogens is 222 g/mol. The molecule has 3 heteroatoms. The van der Waals surface area contributed by atoms with Crippen LogP contribution in [-0.2, 0) is 13.5 Å². The van der Waals surface area contributed by atoms with Crippen LogP contribution < -0.4 is 5.73 Å². The predicted molar refractivity (Wildman–Crippen MR) is 75.2 cm³/mol. The summed E-state index contributed by atoms with van der Waals surface area (Å²) in [6.45, 7) is 2.29. The Bertz CT molecular complexity index is 358. The molecule has 0 aromatic carbocycles. The molecule has 102 valence electrons. The average molecular weight is 249 g/mol. The maximum absolute atomic E-state index is 6.29. The highest BCUT2D eigenvalue weighted by molar-refractivity contribution is 4.93. The van der Waals surface area contributed by atoms with Crippen LogP contribution in [0.15, 0.2) is 12.4 Å². The van der Waals surface area contributed by atoms with Crippen molar-refractivity contribution in [2.24, 2.45) is 24.6 Å². The summed E-state index contributed by atoms with van der Waals surface area (Å²) in [6, 6.07) is 0.415. The van der Waals surface area contributed by atoms with Crippen LogP contribution in [0.2, 0.25) is 0 Å². The number of rotatable bonds is 5. The van der Waals surface area contributed by atoms with Crippen LogP contribution in [0.25, 0.3) is 0 Å². The lowest BCUT2D eigenvalue weighted by Gasteiger charge is -2.34. The van der Waals surface area contributed by atoms with Crippen LogP contribution in [0.3, 0.4) is 0 Å². The molecule has 18 heavy (non-hydrogen) atoms. The van der Waals surface area contributed by atoms with Gasteiger partial charge in [0.2, 0.25) is 0 Å². The lowest BCUT2D eigenvalue weighted by molar-refractivity contribution is 0.211. The fourth-order valence-electron chi connectivity index (χ4n) is 3.34. The molecule has 1 aliphatic rings. The molecule has 3 nitrogen and oxygen atoms in total. The molecule has 0 radical (unpaired) electrons. The maximum atomic E-state index is 6.29. The zero-order valence-corrected chi connectivity index (χ0v) is 11.8. The minimum Gasteiger partial charge on any atom is -0.338 e. The van der Waals surface area contributed by atoms with E-state index in [1.54, 1.807) is 0 Å². The van der Waals surface area contributed by atoms with Gasteiger partial charge in [-0.15, -0.1) is 0 Å². The Labute approximate surface area is 111 Å². The van der Waals surface area contributed by atoms with E-state index in [-0.39, 0.29) is 0 Å². The highest BCUT2D eigenvalue weighted by Crippen LogP contribution is 2.33. The first-order valence-corrected chi connectivity index (χ1v) is 7.42. The van der Waals surface area contributed by atoms with E-state index in [9.17, 15) is 0 Å². The van der Waals surface area contributed by atoms with Gasteiger partial charge >= 0.3 is 0 Å². The molecule has 1 fully saturated rings. The van der Waals surface area contributed by atoms with Crippen LogP contribution in [0.5, 0.6) is 0 Å². The largest absolute Gasteiger partial charge is 0.338 e. The maximum Gasteiger partial charge on any atom is 0.108 e. The van der Waals surface area contributed by atoms with Gasteiger partial charge in [-0.1, -0.05) is 19.8 Å². The minimum absolute atomic E-state index is 0.415. The van der Waals surface area contributed by atoms with Crippen molar-refractivity contribution < 1.29 is 0 Å². The zero-order valence-electron chi connectivity index (χ0n) is 11.8. The smallest absolute Gasteiger partial charge is 0.108 e. The fourth-order valence-corrected chi connectivity index (χ4v) is 3.34. The van der Waals surface area contributed by atoms with E-state index in [1.807, 2.05) is 12.4 Å². The second-order valence-corrected chi connectivity index (χ2v) is 5.88. The highest BCUT2D eigenvalue weighted by atomic mass is 15.0. The molecule has 1 saturated carbocycles. The minimum atomic E-state index is 0.415. The van der Waals surface area contributed by atoms with Gasteiger partial charge in [0.25, 0.3) is 0 Å². The van der Waals surface area contributed by atoms with E-state index in [0.29, 0.717) is 12.0 Å². The summed E-state index contributed by atoms with van der Waals surface area (Å²) in [5.41, 5.74) is 6.29. The molecule has 2 rings (SSSR count). The van der Waals surface area contributed by atoms with Gasteiger partial charge < -0.3 is 10.3 Å². The van der Waals surface area contributed by atoms with E-state index in [0.717, 1.165) is 12.3 Å². The average Bonchev–Trinajstić information content (AvgIpc) is 2.76. The summed E-state index contributed by atoms with van der Waals surface area (Å²) >= 11 is 0. The van der Waals surface area contributed by atoms with Gasteiger partial charge in [0.1, 0.15) is 5.82 Å². The first-order chi connectivity index (χ1) is 8.70. The number of aromatic nitrogens is 2. The molecule has 3 atom stereocenters. The van der Waals surface area contributed by atoms with Gasteiger partial charge in [-0.2, -0.15) is 0 Å². The first-order valence-electron chi connectivity index (χ1n) is 7.42. The summed E-state index contributed by atoms with van der Waals surface area (Å²) in [5.74, 6) is 2.81. The van der Waals surface area contributed by atoms with Gasteiger partial charge in [-0.3, -0.25) is 0 Å². The SMILES string of the molecule is CCCC1CCC(N)C(CCc2nccn2C)C1. The number of hydrogen-bond acceptors (Lipinski definition) is 2. The Balaban J connectivity index is 1.85. The summed E-state index contributed by atoms with van der Waals surface area (Å²) in [4.78, 5) is 4.40. The molecule has 2 N–H and O–H groups in total. The van der Waals surface area contributed by atoms with Crippen LogP contribution in [0.1, 0.15) is 51.3 Å². The van der Waals surface area contributed by atoms with Crippen molar-refractivity contribution in [1.82, 2.24) is 9.55 Å². The highest BCUT2D eigenvalue weighted by Gasteiger charge is 2.27. The number of hydrogen-bond donors (Lipinski definition) is 1. The van der Waals surface area contributed by atoms with Gasteiger partial charge in [-0.25, -0.2) is 4.98 Å². The van der Waals surface area contributed by atoms with Crippen molar-refractivity contribution in [3.63, 3.8) is 0 Å². The molecule has 0 aliphatic heterocycles. The van der Waals surface area contributed by atoms with E-state index < -0.39 is 0 Å². The van der Waals surface area contributed by atoms with Crippen LogP contribution >= 0.6 is 0 Å². The number of imidazole rings is 1. The monoisotopic (exact) mass is 249 g/mol. The van der Waals surface area contributed by atoms with E-state index in [2.05, 4.69) is 23.5 Å². The first kappa shape index (κ1) is 13.6. The van der Waals surface area contributed by atoms with Crippen LogP contribution in [0.4, 0.5) is 0 Å². The lowest BCUT2D eigenvalue weighted by Crippen LogP contribution is -2.36. The second-order valence-electron chi connectivity index (χ2n) is 5.88. The summed E-state index contributed by atoms with van der Waals surface area (Å²) in [5, 5.41) is 0.